The highest BCUT2D eigenvalue weighted by molar-refractivity contribution is 9.10. The number of nitrogens with zero attached hydrogens (tertiary/aromatic N) is 4. The average Bonchev–Trinajstić information content (AvgIpc) is 2.41. The lowest BCUT2D eigenvalue weighted by Crippen LogP contribution is -2.49. The van der Waals surface area contributed by atoms with Crippen LogP contribution >= 0.6 is 15.9 Å². The van der Waals surface area contributed by atoms with Crippen molar-refractivity contribution >= 4 is 21.7 Å². The highest BCUT2D eigenvalue weighted by Gasteiger charge is 2.22. The summed E-state index contributed by atoms with van der Waals surface area (Å²) < 4.78 is 1.08. The van der Waals surface area contributed by atoms with Gasteiger partial charge < -0.3 is 4.90 Å². The van der Waals surface area contributed by atoms with E-state index in [0.717, 1.165) is 36.5 Å². The van der Waals surface area contributed by atoms with E-state index in [0.29, 0.717) is 0 Å². The molecule has 0 aromatic carbocycles. The maximum Gasteiger partial charge on any atom is 0.143 e. The Hall–Kier alpha value is -1.12. The van der Waals surface area contributed by atoms with Crippen molar-refractivity contribution in [3.05, 3.63) is 22.3 Å². The first-order valence-corrected chi connectivity index (χ1v) is 6.92. The van der Waals surface area contributed by atoms with Crippen LogP contribution < -0.4 is 4.90 Å². The molecule has 1 fully saturated rings. The Labute approximate surface area is 116 Å². The van der Waals surface area contributed by atoms with Gasteiger partial charge in [0.2, 0.25) is 0 Å². The van der Waals surface area contributed by atoms with Gasteiger partial charge in [0.15, 0.2) is 0 Å². The minimum absolute atomic E-state index is 0.000981. The van der Waals surface area contributed by atoms with E-state index in [1.165, 1.54) is 5.56 Å². The molecule has 5 heteroatoms. The molecule has 1 aromatic heterocycles. The van der Waals surface area contributed by atoms with Crippen LogP contribution in [0.5, 0.6) is 0 Å². The molecule has 1 atom stereocenters. The molecular formula is C13H17BrN4. The number of piperazine rings is 1. The maximum absolute atomic E-state index is 8.93. The minimum Gasteiger partial charge on any atom is -0.353 e. The zero-order valence-corrected chi connectivity index (χ0v) is 12.3. The molecule has 0 spiro atoms. The molecule has 0 saturated carbocycles. The highest BCUT2D eigenvalue weighted by Crippen LogP contribution is 2.27. The van der Waals surface area contributed by atoms with Crippen molar-refractivity contribution in [2.75, 3.05) is 31.1 Å². The van der Waals surface area contributed by atoms with Crippen molar-refractivity contribution < 1.29 is 0 Å². The van der Waals surface area contributed by atoms with Crippen molar-refractivity contribution in [2.45, 2.75) is 19.9 Å². The second kappa shape index (κ2) is 5.68. The van der Waals surface area contributed by atoms with Gasteiger partial charge in [-0.1, -0.05) is 0 Å². The predicted molar refractivity (Wildman–Crippen MR) is 75.5 cm³/mol. The Bertz CT molecular complexity index is 461. The van der Waals surface area contributed by atoms with Gasteiger partial charge in [-0.15, -0.1) is 0 Å². The van der Waals surface area contributed by atoms with Crippen LogP contribution in [0.25, 0.3) is 0 Å². The van der Waals surface area contributed by atoms with Crippen LogP contribution in [0.4, 0.5) is 5.82 Å². The van der Waals surface area contributed by atoms with E-state index in [9.17, 15) is 0 Å². The van der Waals surface area contributed by atoms with Crippen LogP contribution in [0.3, 0.4) is 0 Å². The summed E-state index contributed by atoms with van der Waals surface area (Å²) in [5.41, 5.74) is 1.20. The van der Waals surface area contributed by atoms with E-state index in [-0.39, 0.29) is 6.04 Å². The van der Waals surface area contributed by atoms with E-state index in [2.05, 4.69) is 43.7 Å². The molecule has 0 aliphatic carbocycles. The number of aromatic nitrogens is 1. The summed E-state index contributed by atoms with van der Waals surface area (Å²) in [6, 6.07) is 4.29. The van der Waals surface area contributed by atoms with Crippen molar-refractivity contribution in [3.63, 3.8) is 0 Å². The molecule has 0 radical (unpaired) electrons. The number of halogens is 1. The summed E-state index contributed by atoms with van der Waals surface area (Å²) in [5.74, 6) is 1.01. The highest BCUT2D eigenvalue weighted by atomic mass is 79.9. The fourth-order valence-electron chi connectivity index (χ4n) is 2.15. The van der Waals surface area contributed by atoms with E-state index in [4.69, 9.17) is 5.26 Å². The third-order valence-electron chi connectivity index (χ3n) is 3.41. The van der Waals surface area contributed by atoms with Crippen LogP contribution in [-0.2, 0) is 0 Å². The number of anilines is 1. The quantitative estimate of drug-likeness (QED) is 0.840. The molecule has 2 rings (SSSR count). The maximum atomic E-state index is 8.93. The van der Waals surface area contributed by atoms with Crippen molar-refractivity contribution in [2.24, 2.45) is 0 Å². The average molecular weight is 309 g/mol. The van der Waals surface area contributed by atoms with Crippen molar-refractivity contribution in [1.29, 1.82) is 5.26 Å². The molecule has 96 valence electrons. The fraction of sp³-hybridized carbons (Fsp3) is 0.538. The normalized spacial score (nSPS) is 18.4. The number of nitriles is 1. The lowest BCUT2D eigenvalue weighted by atomic mass is 10.2. The van der Waals surface area contributed by atoms with Gasteiger partial charge >= 0.3 is 0 Å². The third-order valence-corrected chi connectivity index (χ3v) is 4.39. The van der Waals surface area contributed by atoms with E-state index < -0.39 is 0 Å². The zero-order valence-electron chi connectivity index (χ0n) is 10.7. The Kier molecular flexibility index (Phi) is 4.20. The first-order valence-electron chi connectivity index (χ1n) is 6.13. The summed E-state index contributed by atoms with van der Waals surface area (Å²) in [5, 5.41) is 8.93. The number of aryl methyl sites for hydroxylation is 1. The SMILES string of the molecule is Cc1ccnc(N2CCN(C(C)C#N)CC2)c1Br. The van der Waals surface area contributed by atoms with Crippen molar-refractivity contribution in [1.82, 2.24) is 9.88 Å². The van der Waals surface area contributed by atoms with Gasteiger partial charge in [-0.3, -0.25) is 4.90 Å². The Morgan fingerprint density at radius 1 is 1.39 bits per heavy atom. The number of rotatable bonds is 2. The molecule has 1 aliphatic rings. The smallest absolute Gasteiger partial charge is 0.143 e. The van der Waals surface area contributed by atoms with Crippen LogP contribution in [0.2, 0.25) is 0 Å². The van der Waals surface area contributed by atoms with Gasteiger partial charge in [0.05, 0.1) is 16.6 Å². The van der Waals surface area contributed by atoms with Gasteiger partial charge in [-0.25, -0.2) is 4.98 Å². The summed E-state index contributed by atoms with van der Waals surface area (Å²) in [6.45, 7) is 7.69. The third kappa shape index (κ3) is 2.65. The van der Waals surface area contributed by atoms with Crippen molar-refractivity contribution in [3.8, 4) is 6.07 Å². The van der Waals surface area contributed by atoms with E-state index in [1.807, 2.05) is 19.2 Å². The largest absolute Gasteiger partial charge is 0.353 e. The molecule has 1 aromatic rings. The molecule has 0 N–H and O–H groups in total. The fourth-order valence-corrected chi connectivity index (χ4v) is 2.63. The molecule has 18 heavy (non-hydrogen) atoms. The molecule has 2 heterocycles. The number of hydrogen-bond acceptors (Lipinski definition) is 4. The molecule has 4 nitrogen and oxygen atoms in total. The molecule has 0 amide bonds. The van der Waals surface area contributed by atoms with Crippen LogP contribution in [0.15, 0.2) is 16.7 Å². The van der Waals surface area contributed by atoms with Crippen LogP contribution in [0.1, 0.15) is 12.5 Å². The molecular weight excluding hydrogens is 292 g/mol. The Balaban J connectivity index is 2.06. The van der Waals surface area contributed by atoms with Crippen LogP contribution in [0, 0.1) is 18.3 Å². The lowest BCUT2D eigenvalue weighted by Gasteiger charge is -2.37. The minimum atomic E-state index is 0.000981. The van der Waals surface area contributed by atoms with Gasteiger partial charge in [-0.2, -0.15) is 5.26 Å². The van der Waals surface area contributed by atoms with Gasteiger partial charge in [-0.05, 0) is 41.4 Å². The predicted octanol–water partition coefficient (Wildman–Crippen LogP) is 2.19. The number of hydrogen-bond donors (Lipinski definition) is 0. The molecule has 0 bridgehead atoms. The first-order chi connectivity index (χ1) is 8.63. The standard InChI is InChI=1S/C13H17BrN4/c1-10-3-4-16-13(12(10)14)18-7-5-17(6-8-18)11(2)9-15/h3-4,11H,5-8H2,1-2H3. The monoisotopic (exact) mass is 308 g/mol. The lowest BCUT2D eigenvalue weighted by molar-refractivity contribution is 0.231. The summed E-state index contributed by atoms with van der Waals surface area (Å²) >= 11 is 3.60. The first kappa shape index (κ1) is 13.3. The molecule has 1 unspecified atom stereocenters. The second-order valence-electron chi connectivity index (χ2n) is 4.59. The summed E-state index contributed by atoms with van der Waals surface area (Å²) in [6.07, 6.45) is 1.85. The van der Waals surface area contributed by atoms with Gasteiger partial charge in [0.1, 0.15) is 5.82 Å². The molecule has 1 saturated heterocycles. The van der Waals surface area contributed by atoms with E-state index in [1.54, 1.807) is 0 Å². The topological polar surface area (TPSA) is 43.2 Å². The van der Waals surface area contributed by atoms with Gasteiger partial charge in [0, 0.05) is 32.4 Å². The second-order valence-corrected chi connectivity index (χ2v) is 5.39. The van der Waals surface area contributed by atoms with E-state index >= 15 is 0 Å². The Morgan fingerprint density at radius 2 is 2.06 bits per heavy atom. The summed E-state index contributed by atoms with van der Waals surface area (Å²) in [7, 11) is 0. The van der Waals surface area contributed by atoms with Gasteiger partial charge in [0.25, 0.3) is 0 Å². The number of pyridine rings is 1. The van der Waals surface area contributed by atoms with Crippen LogP contribution in [-0.4, -0.2) is 42.1 Å². The Morgan fingerprint density at radius 3 is 2.67 bits per heavy atom. The molecule has 1 aliphatic heterocycles. The zero-order chi connectivity index (χ0) is 13.1. The summed E-state index contributed by atoms with van der Waals surface area (Å²) in [4.78, 5) is 8.93.